The minimum Gasteiger partial charge on any atom is -0.353 e. The summed E-state index contributed by atoms with van der Waals surface area (Å²) in [7, 11) is 4.05. The average molecular weight is 306 g/mol. The molecule has 0 saturated carbocycles. The van der Waals surface area contributed by atoms with Crippen molar-refractivity contribution in [2.24, 2.45) is 0 Å². The van der Waals surface area contributed by atoms with E-state index in [0.717, 1.165) is 11.4 Å². The molecule has 5 nitrogen and oxygen atoms in total. The molecule has 0 unspecified atom stereocenters. The van der Waals surface area contributed by atoms with Gasteiger partial charge in [-0.25, -0.2) is 0 Å². The number of amides is 1. The number of nitrogens with one attached hydrogen (secondary N) is 1. The smallest absolute Gasteiger partial charge is 0.241 e. The summed E-state index contributed by atoms with van der Waals surface area (Å²) in [5.74, 6) is -0.00962. The standard InChI is InChI=1S/C15H22N4OS/c1-11-8-12(2)19(17-11)10-15(20)16-9-13(18(3)4)14-6-5-7-21-14/h5-8,13H,9-10H2,1-4H3,(H,16,20)/t13-/m1/s1. The van der Waals surface area contributed by atoms with E-state index in [1.54, 1.807) is 16.0 Å². The van der Waals surface area contributed by atoms with Crippen LogP contribution in [0.1, 0.15) is 22.3 Å². The molecule has 0 bridgehead atoms. The van der Waals surface area contributed by atoms with E-state index < -0.39 is 0 Å². The molecule has 0 aromatic carbocycles. The van der Waals surface area contributed by atoms with Gasteiger partial charge in [-0.15, -0.1) is 11.3 Å². The first-order valence-corrected chi connectivity index (χ1v) is 7.83. The first-order chi connectivity index (χ1) is 9.97. The van der Waals surface area contributed by atoms with E-state index in [1.165, 1.54) is 4.88 Å². The van der Waals surface area contributed by atoms with Gasteiger partial charge >= 0.3 is 0 Å². The number of carbonyl (C=O) groups excluding carboxylic acids is 1. The van der Waals surface area contributed by atoms with Crippen LogP contribution in [0, 0.1) is 13.8 Å². The van der Waals surface area contributed by atoms with Crippen molar-refractivity contribution in [2.75, 3.05) is 20.6 Å². The van der Waals surface area contributed by atoms with E-state index in [2.05, 4.69) is 26.8 Å². The minimum atomic E-state index is -0.00962. The van der Waals surface area contributed by atoms with Crippen LogP contribution in [0.4, 0.5) is 0 Å². The molecule has 21 heavy (non-hydrogen) atoms. The van der Waals surface area contributed by atoms with Gasteiger partial charge in [-0.05, 0) is 45.5 Å². The first kappa shape index (κ1) is 15.7. The molecule has 0 fully saturated rings. The van der Waals surface area contributed by atoms with Crippen molar-refractivity contribution < 1.29 is 4.79 Å². The Morgan fingerprint density at radius 2 is 2.24 bits per heavy atom. The fourth-order valence-corrected chi connectivity index (χ4v) is 3.18. The second-order valence-corrected chi connectivity index (χ2v) is 6.36. The molecule has 114 valence electrons. The van der Waals surface area contributed by atoms with Crippen molar-refractivity contribution in [3.63, 3.8) is 0 Å². The molecule has 0 aliphatic heterocycles. The van der Waals surface area contributed by atoms with E-state index in [1.807, 2.05) is 40.1 Å². The zero-order valence-electron chi connectivity index (χ0n) is 13.0. The van der Waals surface area contributed by atoms with Crippen LogP contribution in [-0.4, -0.2) is 41.2 Å². The number of nitrogens with zero attached hydrogens (tertiary/aromatic N) is 3. The van der Waals surface area contributed by atoms with Gasteiger partial charge in [0.2, 0.25) is 5.91 Å². The zero-order valence-corrected chi connectivity index (χ0v) is 13.8. The van der Waals surface area contributed by atoms with E-state index in [4.69, 9.17) is 0 Å². The highest BCUT2D eigenvalue weighted by Crippen LogP contribution is 2.22. The molecule has 2 heterocycles. The predicted octanol–water partition coefficient (Wildman–Crippen LogP) is 1.98. The van der Waals surface area contributed by atoms with E-state index in [0.29, 0.717) is 6.54 Å². The van der Waals surface area contributed by atoms with Crippen LogP contribution in [0.25, 0.3) is 0 Å². The third kappa shape index (κ3) is 4.15. The maximum absolute atomic E-state index is 12.1. The molecule has 2 aromatic heterocycles. The number of hydrogen-bond acceptors (Lipinski definition) is 4. The van der Waals surface area contributed by atoms with Gasteiger partial charge in [-0.1, -0.05) is 6.07 Å². The summed E-state index contributed by atoms with van der Waals surface area (Å²) in [4.78, 5) is 15.5. The highest BCUT2D eigenvalue weighted by Gasteiger charge is 2.16. The van der Waals surface area contributed by atoms with Crippen LogP contribution in [0.5, 0.6) is 0 Å². The molecule has 0 aliphatic carbocycles. The van der Waals surface area contributed by atoms with Gasteiger partial charge in [-0.2, -0.15) is 5.10 Å². The molecule has 2 rings (SSSR count). The normalized spacial score (nSPS) is 12.6. The second-order valence-electron chi connectivity index (χ2n) is 5.38. The van der Waals surface area contributed by atoms with E-state index >= 15 is 0 Å². The lowest BCUT2D eigenvalue weighted by molar-refractivity contribution is -0.122. The topological polar surface area (TPSA) is 50.2 Å². The fraction of sp³-hybridized carbons (Fsp3) is 0.467. The van der Waals surface area contributed by atoms with Crippen LogP contribution in [-0.2, 0) is 11.3 Å². The van der Waals surface area contributed by atoms with Crippen molar-refractivity contribution in [1.82, 2.24) is 20.0 Å². The molecular weight excluding hydrogens is 284 g/mol. The fourth-order valence-electron chi connectivity index (χ4n) is 2.26. The third-order valence-electron chi connectivity index (χ3n) is 3.38. The number of carbonyl (C=O) groups is 1. The highest BCUT2D eigenvalue weighted by molar-refractivity contribution is 7.10. The van der Waals surface area contributed by atoms with E-state index in [9.17, 15) is 4.79 Å². The molecule has 0 saturated heterocycles. The van der Waals surface area contributed by atoms with Crippen LogP contribution < -0.4 is 5.32 Å². The summed E-state index contributed by atoms with van der Waals surface area (Å²) in [5.41, 5.74) is 1.94. The molecular formula is C15H22N4OS. The number of rotatable bonds is 6. The van der Waals surface area contributed by atoms with Crippen LogP contribution in [0.3, 0.4) is 0 Å². The van der Waals surface area contributed by atoms with Crippen molar-refractivity contribution in [3.05, 3.63) is 39.8 Å². The number of thiophene rings is 1. The predicted molar refractivity (Wildman–Crippen MR) is 85.5 cm³/mol. The third-order valence-corrected chi connectivity index (χ3v) is 4.36. The average Bonchev–Trinajstić information content (AvgIpc) is 3.00. The van der Waals surface area contributed by atoms with Gasteiger partial charge in [0.05, 0.1) is 11.7 Å². The summed E-state index contributed by atoms with van der Waals surface area (Å²) in [6.07, 6.45) is 0. The number of aromatic nitrogens is 2. The Bertz CT molecular complexity index is 589. The zero-order chi connectivity index (χ0) is 15.4. The van der Waals surface area contributed by atoms with Gasteiger partial charge < -0.3 is 10.2 Å². The highest BCUT2D eigenvalue weighted by atomic mass is 32.1. The van der Waals surface area contributed by atoms with E-state index in [-0.39, 0.29) is 18.5 Å². The van der Waals surface area contributed by atoms with Gasteiger partial charge in [0, 0.05) is 17.1 Å². The summed E-state index contributed by atoms with van der Waals surface area (Å²) in [6, 6.07) is 6.31. The lowest BCUT2D eigenvalue weighted by Crippen LogP contribution is -2.36. The van der Waals surface area contributed by atoms with Gasteiger partial charge in [0.1, 0.15) is 6.54 Å². The lowest BCUT2D eigenvalue weighted by Gasteiger charge is -2.23. The molecule has 1 N–H and O–H groups in total. The van der Waals surface area contributed by atoms with Gasteiger partial charge in [-0.3, -0.25) is 9.48 Å². The molecule has 1 amide bonds. The number of likely N-dealkylation sites (N-methyl/N-ethyl adjacent to an activating group) is 1. The molecule has 1 atom stereocenters. The molecule has 6 heteroatoms. The Morgan fingerprint density at radius 3 is 2.76 bits per heavy atom. The Morgan fingerprint density at radius 1 is 1.48 bits per heavy atom. The maximum Gasteiger partial charge on any atom is 0.241 e. The summed E-state index contributed by atoms with van der Waals surface area (Å²) in [5, 5.41) is 9.37. The van der Waals surface area contributed by atoms with Crippen LogP contribution in [0.15, 0.2) is 23.6 Å². The quantitative estimate of drug-likeness (QED) is 0.888. The molecule has 0 radical (unpaired) electrons. The Labute approximate surface area is 129 Å². The molecule has 2 aromatic rings. The SMILES string of the molecule is Cc1cc(C)n(CC(=O)NC[C@H](c2cccs2)N(C)C)n1. The lowest BCUT2D eigenvalue weighted by atomic mass is 10.2. The largest absolute Gasteiger partial charge is 0.353 e. The Hall–Kier alpha value is -1.66. The van der Waals surface area contributed by atoms with Crippen molar-refractivity contribution in [3.8, 4) is 0 Å². The van der Waals surface area contributed by atoms with Gasteiger partial charge in [0.15, 0.2) is 0 Å². The minimum absolute atomic E-state index is 0.00962. The van der Waals surface area contributed by atoms with Crippen molar-refractivity contribution in [2.45, 2.75) is 26.4 Å². The second kappa shape index (κ2) is 6.87. The van der Waals surface area contributed by atoms with Crippen molar-refractivity contribution in [1.29, 1.82) is 0 Å². The Kier molecular flexibility index (Phi) is 5.14. The van der Waals surface area contributed by atoms with Crippen LogP contribution >= 0.6 is 11.3 Å². The number of hydrogen-bond donors (Lipinski definition) is 1. The molecule has 0 aliphatic rings. The molecule has 0 spiro atoms. The monoisotopic (exact) mass is 306 g/mol. The van der Waals surface area contributed by atoms with Gasteiger partial charge in [0.25, 0.3) is 0 Å². The summed E-state index contributed by atoms with van der Waals surface area (Å²) < 4.78 is 1.74. The Balaban J connectivity index is 1.92. The first-order valence-electron chi connectivity index (χ1n) is 6.95. The maximum atomic E-state index is 12.1. The van der Waals surface area contributed by atoms with Crippen LogP contribution in [0.2, 0.25) is 0 Å². The number of aryl methyl sites for hydroxylation is 2. The van der Waals surface area contributed by atoms with Crippen molar-refractivity contribution >= 4 is 17.2 Å². The summed E-state index contributed by atoms with van der Waals surface area (Å²) >= 11 is 1.71. The summed E-state index contributed by atoms with van der Waals surface area (Å²) in [6.45, 7) is 4.76.